The van der Waals surface area contributed by atoms with Crippen molar-refractivity contribution in [1.82, 2.24) is 15.2 Å². The molecular formula is C16H20N4. The molecular weight excluding hydrogens is 248 g/mol. The number of nitrogens with one attached hydrogen (secondary N) is 1. The van der Waals surface area contributed by atoms with E-state index in [1.807, 2.05) is 17.9 Å². The first-order valence-corrected chi connectivity index (χ1v) is 7.33. The number of rotatable bonds is 3. The molecule has 0 amide bonds. The summed E-state index contributed by atoms with van der Waals surface area (Å²) in [6.45, 7) is 0. The molecule has 0 spiro atoms. The van der Waals surface area contributed by atoms with E-state index in [0.29, 0.717) is 11.8 Å². The summed E-state index contributed by atoms with van der Waals surface area (Å²) in [7, 11) is 1.95. The second kappa shape index (κ2) is 4.43. The topological polar surface area (TPSA) is 55.9 Å². The summed E-state index contributed by atoms with van der Waals surface area (Å²) in [6, 6.07) is 11.1. The van der Waals surface area contributed by atoms with Crippen LogP contribution in [0.3, 0.4) is 0 Å². The molecule has 1 aromatic heterocycles. The van der Waals surface area contributed by atoms with Crippen LogP contribution in [0.25, 0.3) is 0 Å². The molecule has 2 aromatic rings. The Morgan fingerprint density at radius 1 is 1.35 bits per heavy atom. The first kappa shape index (κ1) is 12.1. The van der Waals surface area contributed by atoms with Gasteiger partial charge < -0.3 is 0 Å². The molecule has 4 unspecified atom stereocenters. The Labute approximate surface area is 118 Å². The van der Waals surface area contributed by atoms with Gasteiger partial charge in [-0.3, -0.25) is 16.0 Å². The van der Waals surface area contributed by atoms with Gasteiger partial charge in [-0.1, -0.05) is 24.3 Å². The SMILES string of the molecule is Cn1ccc(C(NN)C2C3CCc4ccccc4C32)n1. The number of hydrogen-bond acceptors (Lipinski definition) is 3. The molecule has 0 aliphatic heterocycles. The number of hydrogen-bond donors (Lipinski definition) is 2. The lowest BCUT2D eigenvalue weighted by molar-refractivity contribution is 0.446. The Morgan fingerprint density at radius 2 is 2.20 bits per heavy atom. The fraction of sp³-hybridized carbons (Fsp3) is 0.438. The second-order valence-corrected chi connectivity index (χ2v) is 6.06. The predicted molar refractivity (Wildman–Crippen MR) is 77.8 cm³/mol. The predicted octanol–water partition coefficient (Wildman–Crippen LogP) is 1.90. The molecule has 1 saturated carbocycles. The summed E-state index contributed by atoms with van der Waals surface area (Å²) in [6.07, 6.45) is 4.46. The molecule has 104 valence electrons. The quantitative estimate of drug-likeness (QED) is 0.660. The first-order valence-electron chi connectivity index (χ1n) is 7.33. The zero-order valence-corrected chi connectivity index (χ0v) is 11.7. The van der Waals surface area contributed by atoms with Gasteiger partial charge in [-0.15, -0.1) is 0 Å². The number of hydrazine groups is 1. The highest BCUT2D eigenvalue weighted by molar-refractivity contribution is 5.40. The summed E-state index contributed by atoms with van der Waals surface area (Å²) in [5.74, 6) is 7.82. The van der Waals surface area contributed by atoms with Crippen molar-refractivity contribution in [2.75, 3.05) is 0 Å². The fourth-order valence-corrected chi connectivity index (χ4v) is 4.07. The number of nitrogens with two attached hydrogens (primary N) is 1. The van der Waals surface area contributed by atoms with E-state index in [1.54, 1.807) is 0 Å². The summed E-state index contributed by atoms with van der Waals surface area (Å²) in [4.78, 5) is 0. The Morgan fingerprint density at radius 3 is 2.95 bits per heavy atom. The van der Waals surface area contributed by atoms with Gasteiger partial charge in [0, 0.05) is 13.2 Å². The molecule has 1 aromatic carbocycles. The molecule has 1 fully saturated rings. The third-order valence-electron chi connectivity index (χ3n) is 5.01. The van der Waals surface area contributed by atoms with E-state index in [1.165, 1.54) is 24.0 Å². The molecule has 20 heavy (non-hydrogen) atoms. The number of aryl methyl sites for hydroxylation is 2. The lowest BCUT2D eigenvalue weighted by atomic mass is 9.92. The smallest absolute Gasteiger partial charge is 0.0810 e. The van der Waals surface area contributed by atoms with Crippen LogP contribution < -0.4 is 11.3 Å². The molecule has 1 heterocycles. The van der Waals surface area contributed by atoms with E-state index < -0.39 is 0 Å². The fourth-order valence-electron chi connectivity index (χ4n) is 4.07. The Hall–Kier alpha value is -1.65. The van der Waals surface area contributed by atoms with E-state index in [9.17, 15) is 0 Å². The number of benzene rings is 1. The standard InChI is InChI=1S/C16H20N4/c1-20-9-8-13(19-20)16(18-17)15-12-7-6-10-4-2-3-5-11(10)14(12)15/h2-5,8-9,12,14-16,18H,6-7,17H2,1H3. The van der Waals surface area contributed by atoms with E-state index in [-0.39, 0.29) is 6.04 Å². The van der Waals surface area contributed by atoms with E-state index >= 15 is 0 Å². The maximum Gasteiger partial charge on any atom is 0.0810 e. The lowest BCUT2D eigenvalue weighted by Crippen LogP contribution is -2.30. The van der Waals surface area contributed by atoms with Crippen LogP contribution in [0.2, 0.25) is 0 Å². The maximum atomic E-state index is 5.83. The van der Waals surface area contributed by atoms with E-state index in [0.717, 1.165) is 11.6 Å². The van der Waals surface area contributed by atoms with E-state index in [2.05, 4.69) is 40.9 Å². The van der Waals surface area contributed by atoms with Gasteiger partial charge in [0.15, 0.2) is 0 Å². The highest BCUT2D eigenvalue weighted by atomic mass is 15.3. The van der Waals surface area contributed by atoms with Crippen LogP contribution in [-0.4, -0.2) is 9.78 Å². The zero-order chi connectivity index (χ0) is 13.7. The second-order valence-electron chi connectivity index (χ2n) is 6.06. The normalized spacial score (nSPS) is 28.6. The van der Waals surface area contributed by atoms with Crippen molar-refractivity contribution in [2.24, 2.45) is 24.7 Å². The van der Waals surface area contributed by atoms with Crippen molar-refractivity contribution in [3.05, 3.63) is 53.3 Å². The molecule has 2 aliphatic carbocycles. The maximum absolute atomic E-state index is 5.83. The van der Waals surface area contributed by atoms with Gasteiger partial charge in [-0.2, -0.15) is 5.10 Å². The minimum Gasteiger partial charge on any atom is -0.275 e. The molecule has 4 heteroatoms. The Balaban J connectivity index is 1.65. The van der Waals surface area contributed by atoms with Crippen LogP contribution in [0.15, 0.2) is 36.5 Å². The van der Waals surface area contributed by atoms with Gasteiger partial charge in [0.1, 0.15) is 0 Å². The van der Waals surface area contributed by atoms with Gasteiger partial charge >= 0.3 is 0 Å². The molecule has 4 atom stereocenters. The van der Waals surface area contributed by atoms with Gasteiger partial charge in [-0.05, 0) is 47.8 Å². The minimum absolute atomic E-state index is 0.164. The number of fused-ring (bicyclic) bond motifs is 3. The summed E-state index contributed by atoms with van der Waals surface area (Å²) in [5, 5.41) is 4.53. The van der Waals surface area contributed by atoms with Gasteiger partial charge in [0.25, 0.3) is 0 Å². The first-order chi connectivity index (χ1) is 9.79. The van der Waals surface area contributed by atoms with E-state index in [4.69, 9.17) is 5.84 Å². The van der Waals surface area contributed by atoms with Crippen LogP contribution >= 0.6 is 0 Å². The molecule has 3 N–H and O–H groups in total. The van der Waals surface area contributed by atoms with Crippen LogP contribution in [0.4, 0.5) is 0 Å². The molecule has 4 nitrogen and oxygen atoms in total. The van der Waals surface area contributed by atoms with Gasteiger partial charge in [-0.25, -0.2) is 0 Å². The summed E-state index contributed by atoms with van der Waals surface area (Å²) < 4.78 is 1.85. The number of aromatic nitrogens is 2. The highest BCUT2D eigenvalue weighted by Crippen LogP contribution is 2.63. The lowest BCUT2D eigenvalue weighted by Gasteiger charge is -2.14. The Kier molecular flexibility index (Phi) is 2.69. The Bertz CT molecular complexity index is 633. The van der Waals surface area contributed by atoms with Crippen molar-refractivity contribution in [2.45, 2.75) is 24.8 Å². The van der Waals surface area contributed by atoms with Crippen LogP contribution in [0.5, 0.6) is 0 Å². The average molecular weight is 268 g/mol. The van der Waals surface area contributed by atoms with Crippen molar-refractivity contribution in [3.63, 3.8) is 0 Å². The summed E-state index contributed by atoms with van der Waals surface area (Å²) in [5.41, 5.74) is 7.12. The van der Waals surface area contributed by atoms with Crippen LogP contribution in [-0.2, 0) is 13.5 Å². The van der Waals surface area contributed by atoms with Crippen molar-refractivity contribution in [3.8, 4) is 0 Å². The molecule has 0 saturated heterocycles. The third kappa shape index (κ3) is 1.72. The highest BCUT2D eigenvalue weighted by Gasteiger charge is 2.56. The van der Waals surface area contributed by atoms with Crippen LogP contribution in [0.1, 0.15) is 35.2 Å². The van der Waals surface area contributed by atoms with Crippen LogP contribution in [0, 0.1) is 11.8 Å². The molecule has 2 aliphatic rings. The summed E-state index contributed by atoms with van der Waals surface area (Å²) >= 11 is 0. The van der Waals surface area contributed by atoms with Crippen molar-refractivity contribution in [1.29, 1.82) is 0 Å². The minimum atomic E-state index is 0.164. The zero-order valence-electron chi connectivity index (χ0n) is 11.7. The monoisotopic (exact) mass is 268 g/mol. The number of nitrogens with zero attached hydrogens (tertiary/aromatic N) is 2. The van der Waals surface area contributed by atoms with Crippen molar-refractivity contribution >= 4 is 0 Å². The average Bonchev–Trinajstić information content (AvgIpc) is 3.05. The van der Waals surface area contributed by atoms with Crippen molar-refractivity contribution < 1.29 is 0 Å². The molecule has 0 radical (unpaired) electrons. The third-order valence-corrected chi connectivity index (χ3v) is 5.01. The molecule has 4 rings (SSSR count). The largest absolute Gasteiger partial charge is 0.275 e. The van der Waals surface area contributed by atoms with Gasteiger partial charge in [0.2, 0.25) is 0 Å². The van der Waals surface area contributed by atoms with Gasteiger partial charge in [0.05, 0.1) is 11.7 Å². The molecule has 0 bridgehead atoms.